The van der Waals surface area contributed by atoms with E-state index in [4.69, 9.17) is 23.2 Å². The van der Waals surface area contributed by atoms with Crippen LogP contribution in [-0.4, -0.2) is 39.9 Å². The van der Waals surface area contributed by atoms with Crippen molar-refractivity contribution in [2.45, 2.75) is 44.7 Å². The Morgan fingerprint density at radius 1 is 1.19 bits per heavy atom. The van der Waals surface area contributed by atoms with E-state index in [0.29, 0.717) is 21.7 Å². The van der Waals surface area contributed by atoms with Gasteiger partial charge in [-0.2, -0.15) is 0 Å². The maximum Gasteiger partial charge on any atom is 0.274 e. The van der Waals surface area contributed by atoms with Gasteiger partial charge in [-0.15, -0.1) is 0 Å². The van der Waals surface area contributed by atoms with Gasteiger partial charge in [0.25, 0.3) is 5.91 Å². The van der Waals surface area contributed by atoms with E-state index < -0.39 is 0 Å². The van der Waals surface area contributed by atoms with Crippen molar-refractivity contribution in [3.63, 3.8) is 0 Å². The van der Waals surface area contributed by atoms with Crippen molar-refractivity contribution in [1.29, 1.82) is 0 Å². The van der Waals surface area contributed by atoms with Crippen molar-refractivity contribution in [2.24, 2.45) is 0 Å². The number of anilines is 1. The van der Waals surface area contributed by atoms with Crippen LogP contribution in [0.25, 0.3) is 0 Å². The number of carbonyl (C=O) groups is 1. The first-order valence-electron chi connectivity index (χ1n) is 9.40. The Morgan fingerprint density at radius 3 is 2.48 bits per heavy atom. The predicted molar refractivity (Wildman–Crippen MR) is 108 cm³/mol. The summed E-state index contributed by atoms with van der Waals surface area (Å²) < 4.78 is 0. The van der Waals surface area contributed by atoms with Gasteiger partial charge in [0, 0.05) is 24.2 Å². The highest BCUT2D eigenvalue weighted by atomic mass is 35.5. The van der Waals surface area contributed by atoms with E-state index >= 15 is 0 Å². The first kappa shape index (κ1) is 18.5. The van der Waals surface area contributed by atoms with Crippen LogP contribution < -0.4 is 4.90 Å². The minimum absolute atomic E-state index is 0.0801. The third-order valence-corrected chi connectivity index (χ3v) is 5.80. The minimum atomic E-state index is -0.132. The average Bonchev–Trinajstić information content (AvgIpc) is 3.34. The summed E-state index contributed by atoms with van der Waals surface area (Å²) in [7, 11) is 0. The van der Waals surface area contributed by atoms with Gasteiger partial charge in [0.05, 0.1) is 17.3 Å². The van der Waals surface area contributed by atoms with Gasteiger partial charge in [-0.25, -0.2) is 9.97 Å². The van der Waals surface area contributed by atoms with Crippen LogP contribution in [0.15, 0.2) is 30.5 Å². The summed E-state index contributed by atoms with van der Waals surface area (Å²) in [4.78, 5) is 26.3. The van der Waals surface area contributed by atoms with Crippen LogP contribution in [0.4, 0.5) is 5.95 Å². The maximum absolute atomic E-state index is 13.4. The Bertz CT molecular complexity index is 832. The molecule has 0 bridgehead atoms. The third kappa shape index (κ3) is 3.90. The third-order valence-electron chi connectivity index (χ3n) is 5.27. The van der Waals surface area contributed by atoms with Crippen LogP contribution in [0.3, 0.4) is 0 Å². The number of hydrogen-bond donors (Lipinski definition) is 0. The molecule has 1 aliphatic carbocycles. The molecule has 2 aromatic rings. The summed E-state index contributed by atoms with van der Waals surface area (Å²) in [6.45, 7) is 3.88. The minimum Gasteiger partial charge on any atom is -0.341 e. The van der Waals surface area contributed by atoms with Crippen LogP contribution in [0, 0.1) is 0 Å². The predicted octanol–water partition coefficient (Wildman–Crippen LogP) is 4.75. The van der Waals surface area contributed by atoms with Gasteiger partial charge in [-0.3, -0.25) is 4.79 Å². The Kier molecular flexibility index (Phi) is 5.24. The number of nitrogens with zero attached hydrogens (tertiary/aromatic N) is 4. The summed E-state index contributed by atoms with van der Waals surface area (Å²) in [5, 5.41) is 0.987. The highest BCUT2D eigenvalue weighted by Gasteiger charge is 2.38. The summed E-state index contributed by atoms with van der Waals surface area (Å²) in [6, 6.07) is 7.78. The molecule has 0 radical (unpaired) electrons. The van der Waals surface area contributed by atoms with Crippen molar-refractivity contribution >= 4 is 35.1 Å². The summed E-state index contributed by atoms with van der Waals surface area (Å²) >= 11 is 12.3. The lowest BCUT2D eigenvalue weighted by molar-refractivity contribution is 0.0668. The molecule has 7 heteroatoms. The van der Waals surface area contributed by atoms with Crippen LogP contribution in [0.1, 0.15) is 54.7 Å². The zero-order chi connectivity index (χ0) is 19.0. The van der Waals surface area contributed by atoms with Crippen LogP contribution in [0.5, 0.6) is 0 Å². The highest BCUT2D eigenvalue weighted by Crippen LogP contribution is 2.36. The zero-order valence-electron chi connectivity index (χ0n) is 15.2. The van der Waals surface area contributed by atoms with Gasteiger partial charge in [-0.05, 0) is 50.3 Å². The monoisotopic (exact) mass is 404 g/mol. The van der Waals surface area contributed by atoms with E-state index in [2.05, 4.69) is 14.9 Å². The fraction of sp³-hybridized carbons (Fsp3) is 0.450. The van der Waals surface area contributed by atoms with Gasteiger partial charge in [0.15, 0.2) is 5.69 Å². The molecule has 0 spiro atoms. The van der Waals surface area contributed by atoms with Gasteiger partial charge in [0.2, 0.25) is 5.95 Å². The van der Waals surface area contributed by atoms with E-state index in [1.165, 1.54) is 0 Å². The molecule has 1 amide bonds. The standard InChI is InChI=1S/C20H22Cl2N4O/c1-13(14-4-6-15(21)7-5-14)26(16-8-9-16)19(27)18-17(22)12-23-20(24-18)25-10-2-3-11-25/h4-7,12-13,16H,2-3,8-11H2,1H3. The lowest BCUT2D eigenvalue weighted by Crippen LogP contribution is -2.36. The van der Waals surface area contributed by atoms with Crippen LogP contribution in [-0.2, 0) is 0 Å². The zero-order valence-corrected chi connectivity index (χ0v) is 16.7. The van der Waals surface area contributed by atoms with E-state index in [-0.39, 0.29) is 18.0 Å². The Hall–Kier alpha value is -1.85. The number of amides is 1. The molecule has 2 fully saturated rings. The topological polar surface area (TPSA) is 49.3 Å². The maximum atomic E-state index is 13.4. The van der Waals surface area contributed by atoms with E-state index in [1.807, 2.05) is 36.1 Å². The second-order valence-corrected chi connectivity index (χ2v) is 8.08. The molecule has 4 rings (SSSR count). The lowest BCUT2D eigenvalue weighted by Gasteiger charge is -2.30. The summed E-state index contributed by atoms with van der Waals surface area (Å²) in [6.07, 6.45) is 5.80. The molecule has 2 heterocycles. The second kappa shape index (κ2) is 7.64. The van der Waals surface area contributed by atoms with Gasteiger partial charge < -0.3 is 9.80 Å². The molecule has 1 saturated carbocycles. The molecular formula is C20H22Cl2N4O. The summed E-state index contributed by atoms with van der Waals surface area (Å²) in [5.41, 5.74) is 1.34. The molecule has 142 valence electrons. The Balaban J connectivity index is 1.64. The number of rotatable bonds is 5. The summed E-state index contributed by atoms with van der Waals surface area (Å²) in [5.74, 6) is 0.461. The molecule has 1 aromatic carbocycles. The van der Waals surface area contributed by atoms with Crippen molar-refractivity contribution in [3.05, 3.63) is 51.8 Å². The number of carbonyl (C=O) groups excluding carboxylic acids is 1. The molecule has 0 N–H and O–H groups in total. The van der Waals surface area contributed by atoms with Crippen molar-refractivity contribution in [2.75, 3.05) is 18.0 Å². The smallest absolute Gasteiger partial charge is 0.274 e. The molecular weight excluding hydrogens is 383 g/mol. The van der Waals surface area contributed by atoms with Gasteiger partial charge in [0.1, 0.15) is 0 Å². The molecule has 1 aliphatic heterocycles. The molecule has 2 aliphatic rings. The van der Waals surface area contributed by atoms with Crippen molar-refractivity contribution in [1.82, 2.24) is 14.9 Å². The van der Waals surface area contributed by atoms with Gasteiger partial charge >= 0.3 is 0 Å². The SMILES string of the molecule is CC(c1ccc(Cl)cc1)N(C(=O)c1nc(N2CCCC2)ncc1Cl)C1CC1. The van der Waals surface area contributed by atoms with E-state index in [1.54, 1.807) is 6.20 Å². The molecule has 1 atom stereocenters. The highest BCUT2D eigenvalue weighted by molar-refractivity contribution is 6.33. The Labute approximate surface area is 169 Å². The molecule has 1 unspecified atom stereocenters. The molecule has 1 aromatic heterocycles. The van der Waals surface area contributed by atoms with E-state index in [0.717, 1.165) is 44.3 Å². The second-order valence-electron chi connectivity index (χ2n) is 7.23. The number of halogens is 2. The fourth-order valence-electron chi connectivity index (χ4n) is 3.61. The number of benzene rings is 1. The molecule has 27 heavy (non-hydrogen) atoms. The first-order chi connectivity index (χ1) is 13.0. The largest absolute Gasteiger partial charge is 0.341 e. The molecule has 5 nitrogen and oxygen atoms in total. The van der Waals surface area contributed by atoms with Crippen molar-refractivity contribution in [3.8, 4) is 0 Å². The number of hydrogen-bond acceptors (Lipinski definition) is 4. The van der Waals surface area contributed by atoms with Crippen LogP contribution >= 0.6 is 23.2 Å². The Morgan fingerprint density at radius 2 is 1.85 bits per heavy atom. The normalized spacial score (nSPS) is 17.8. The quantitative estimate of drug-likeness (QED) is 0.721. The average molecular weight is 405 g/mol. The van der Waals surface area contributed by atoms with Gasteiger partial charge in [-0.1, -0.05) is 35.3 Å². The first-order valence-corrected chi connectivity index (χ1v) is 10.2. The lowest BCUT2D eigenvalue weighted by atomic mass is 10.1. The van der Waals surface area contributed by atoms with E-state index in [9.17, 15) is 4.79 Å². The number of aromatic nitrogens is 2. The fourth-order valence-corrected chi connectivity index (χ4v) is 3.91. The van der Waals surface area contributed by atoms with Crippen molar-refractivity contribution < 1.29 is 4.79 Å². The molecule has 1 saturated heterocycles. The van der Waals surface area contributed by atoms with Crippen LogP contribution in [0.2, 0.25) is 10.0 Å².